The average molecular weight is 483 g/mol. The Morgan fingerprint density at radius 2 is 1.35 bits per heavy atom. The number of carbonyl (C=O) groups excluding carboxylic acids is 2. The minimum absolute atomic E-state index is 0.374. The Morgan fingerprint density at radius 1 is 0.903 bits per heavy atom. The van der Waals surface area contributed by atoms with Gasteiger partial charge >= 0.3 is 29.9 Å². The van der Waals surface area contributed by atoms with Crippen LogP contribution in [-0.2, 0) is 24.3 Å². The zero-order valence-corrected chi connectivity index (χ0v) is 16.8. The average Bonchev–Trinajstić information content (AvgIpc) is 2.58. The second kappa shape index (κ2) is 7.48. The standard InChI is InChI=1S/C17H20F7NO5S/c18-15(19,16(20,21)17(22,23)24)12(26)25-31(28,29)2-1-30-13(27)14-6-9-3-10(7-14)5-11(4-9)8-14/h9-11H,1-8H2,(H,25,26). The highest BCUT2D eigenvalue weighted by molar-refractivity contribution is 7.90. The number of halogens is 7. The van der Waals surface area contributed by atoms with Gasteiger partial charge in [-0.2, -0.15) is 30.7 Å². The molecule has 4 aliphatic rings. The molecule has 4 aliphatic carbocycles. The Kier molecular flexibility index (Phi) is 5.80. The molecule has 4 fully saturated rings. The van der Waals surface area contributed by atoms with Gasteiger partial charge in [0.1, 0.15) is 12.4 Å². The first-order chi connectivity index (χ1) is 14.0. The molecule has 0 saturated heterocycles. The zero-order chi connectivity index (χ0) is 23.5. The predicted octanol–water partition coefficient (Wildman–Crippen LogP) is 3.02. The van der Waals surface area contributed by atoms with E-state index in [0.29, 0.717) is 41.7 Å². The first-order valence-electron chi connectivity index (χ1n) is 9.53. The van der Waals surface area contributed by atoms with Crippen LogP contribution in [0.15, 0.2) is 0 Å². The Bertz CT molecular complexity index is 820. The fourth-order valence-electron chi connectivity index (χ4n) is 5.33. The number of nitrogens with one attached hydrogen (secondary N) is 1. The van der Waals surface area contributed by atoms with Crippen LogP contribution in [0.3, 0.4) is 0 Å². The molecule has 4 saturated carbocycles. The highest BCUT2D eigenvalue weighted by Crippen LogP contribution is 2.60. The molecule has 0 heterocycles. The molecule has 0 unspecified atom stereocenters. The van der Waals surface area contributed by atoms with Crippen molar-refractivity contribution in [1.82, 2.24) is 4.72 Å². The monoisotopic (exact) mass is 483 g/mol. The van der Waals surface area contributed by atoms with Gasteiger partial charge in [0.2, 0.25) is 10.0 Å². The van der Waals surface area contributed by atoms with Gasteiger partial charge in [0.05, 0.1) is 5.41 Å². The van der Waals surface area contributed by atoms with E-state index in [1.165, 1.54) is 0 Å². The van der Waals surface area contributed by atoms with E-state index in [-0.39, 0.29) is 0 Å². The lowest BCUT2D eigenvalue weighted by Crippen LogP contribution is -2.60. The number of amides is 1. The molecule has 0 radical (unpaired) electrons. The maximum Gasteiger partial charge on any atom is 0.460 e. The Morgan fingerprint density at radius 3 is 1.77 bits per heavy atom. The Balaban J connectivity index is 1.56. The summed E-state index contributed by atoms with van der Waals surface area (Å²) in [4.78, 5) is 23.7. The van der Waals surface area contributed by atoms with Gasteiger partial charge in [-0.25, -0.2) is 13.1 Å². The van der Waals surface area contributed by atoms with Crippen molar-refractivity contribution in [3.63, 3.8) is 0 Å². The number of hydrogen-bond donors (Lipinski definition) is 1. The molecular weight excluding hydrogens is 463 g/mol. The molecule has 6 nitrogen and oxygen atoms in total. The quantitative estimate of drug-likeness (QED) is 0.444. The molecule has 0 aliphatic heterocycles. The summed E-state index contributed by atoms with van der Waals surface area (Å²) >= 11 is 0. The van der Waals surface area contributed by atoms with Crippen molar-refractivity contribution < 1.29 is 53.5 Å². The molecule has 0 aromatic carbocycles. The second-order valence-electron chi connectivity index (χ2n) is 8.73. The van der Waals surface area contributed by atoms with Crippen molar-refractivity contribution in [3.05, 3.63) is 0 Å². The largest absolute Gasteiger partial charge is 0.464 e. The molecular formula is C17H20F7NO5S. The maximum absolute atomic E-state index is 13.3. The van der Waals surface area contributed by atoms with Gasteiger partial charge in [-0.15, -0.1) is 0 Å². The summed E-state index contributed by atoms with van der Waals surface area (Å²) in [7, 11) is -5.08. The van der Waals surface area contributed by atoms with Crippen molar-refractivity contribution >= 4 is 21.9 Å². The first kappa shape index (κ1) is 24.1. The number of rotatable bonds is 7. The zero-order valence-electron chi connectivity index (χ0n) is 16.0. The van der Waals surface area contributed by atoms with Crippen molar-refractivity contribution in [2.24, 2.45) is 23.2 Å². The van der Waals surface area contributed by atoms with E-state index in [4.69, 9.17) is 4.74 Å². The van der Waals surface area contributed by atoms with Crippen LogP contribution in [0.4, 0.5) is 30.7 Å². The van der Waals surface area contributed by atoms with Crippen LogP contribution in [0.5, 0.6) is 0 Å². The van der Waals surface area contributed by atoms with Crippen molar-refractivity contribution in [1.29, 1.82) is 0 Å². The van der Waals surface area contributed by atoms with E-state index < -0.39 is 57.7 Å². The van der Waals surface area contributed by atoms with Crippen LogP contribution in [-0.4, -0.2) is 50.7 Å². The third-order valence-corrected chi connectivity index (χ3v) is 7.54. The molecule has 0 atom stereocenters. The fraction of sp³-hybridized carbons (Fsp3) is 0.882. The number of hydrogen-bond acceptors (Lipinski definition) is 5. The maximum atomic E-state index is 13.3. The van der Waals surface area contributed by atoms with E-state index >= 15 is 0 Å². The fourth-order valence-corrected chi connectivity index (χ4v) is 6.15. The van der Waals surface area contributed by atoms with Crippen molar-refractivity contribution in [2.75, 3.05) is 12.4 Å². The number of esters is 1. The minimum atomic E-state index is -6.79. The number of carbonyl (C=O) groups is 2. The normalized spacial score (nSPS) is 30.9. The van der Waals surface area contributed by atoms with Gasteiger partial charge < -0.3 is 4.74 Å². The van der Waals surface area contributed by atoms with Crippen LogP contribution in [0.1, 0.15) is 38.5 Å². The van der Waals surface area contributed by atoms with Crippen molar-refractivity contribution in [2.45, 2.75) is 56.5 Å². The lowest BCUT2D eigenvalue weighted by atomic mass is 9.49. The van der Waals surface area contributed by atoms with Crippen molar-refractivity contribution in [3.8, 4) is 0 Å². The SMILES string of the molecule is O=C(OCCS(=O)(=O)NC(=O)C(F)(F)C(F)(F)C(F)(F)F)C12CC3CC(CC(C3)C1)C2. The Labute approximate surface area is 172 Å². The summed E-state index contributed by atoms with van der Waals surface area (Å²) in [6.07, 6.45) is -1.94. The van der Waals surface area contributed by atoms with E-state index in [1.807, 2.05) is 0 Å². The molecule has 0 aromatic rings. The van der Waals surface area contributed by atoms with Crippen LogP contribution >= 0.6 is 0 Å². The lowest BCUT2D eigenvalue weighted by molar-refractivity contribution is -0.343. The van der Waals surface area contributed by atoms with Gasteiger partial charge in [-0.3, -0.25) is 9.59 Å². The third-order valence-electron chi connectivity index (χ3n) is 6.34. The third kappa shape index (κ3) is 4.36. The number of ether oxygens (including phenoxy) is 1. The van der Waals surface area contributed by atoms with Crippen LogP contribution in [0, 0.1) is 23.2 Å². The first-order valence-corrected chi connectivity index (χ1v) is 11.2. The molecule has 4 bridgehead atoms. The van der Waals surface area contributed by atoms with Gasteiger partial charge in [0.15, 0.2) is 0 Å². The second-order valence-corrected chi connectivity index (χ2v) is 10.6. The molecule has 31 heavy (non-hydrogen) atoms. The molecule has 178 valence electrons. The van der Waals surface area contributed by atoms with Gasteiger partial charge in [0.25, 0.3) is 0 Å². The topological polar surface area (TPSA) is 89.5 Å². The van der Waals surface area contributed by atoms with Crippen LogP contribution < -0.4 is 4.72 Å². The van der Waals surface area contributed by atoms with E-state index in [0.717, 1.165) is 19.3 Å². The Hall–Kier alpha value is -1.60. The van der Waals surface area contributed by atoms with E-state index in [9.17, 15) is 48.7 Å². The van der Waals surface area contributed by atoms with E-state index in [2.05, 4.69) is 0 Å². The van der Waals surface area contributed by atoms with Gasteiger partial charge in [0, 0.05) is 0 Å². The van der Waals surface area contributed by atoms with Gasteiger partial charge in [-0.05, 0) is 56.3 Å². The minimum Gasteiger partial charge on any atom is -0.464 e. The lowest BCUT2D eigenvalue weighted by Gasteiger charge is -2.55. The summed E-state index contributed by atoms with van der Waals surface area (Å²) in [5, 5.41) is 0. The molecule has 14 heteroatoms. The summed E-state index contributed by atoms with van der Waals surface area (Å²) < 4.78 is 117. The molecule has 0 aromatic heterocycles. The summed E-state index contributed by atoms with van der Waals surface area (Å²) in [5.74, 6) is -17.3. The smallest absolute Gasteiger partial charge is 0.460 e. The predicted molar refractivity (Wildman–Crippen MR) is 89.4 cm³/mol. The highest BCUT2D eigenvalue weighted by Gasteiger charge is 2.76. The summed E-state index contributed by atoms with van der Waals surface area (Å²) in [6.45, 7) is -0.871. The summed E-state index contributed by atoms with van der Waals surface area (Å²) in [6, 6.07) is 0. The number of sulfonamides is 1. The van der Waals surface area contributed by atoms with Crippen LogP contribution in [0.2, 0.25) is 0 Å². The van der Waals surface area contributed by atoms with Crippen LogP contribution in [0.25, 0.3) is 0 Å². The number of alkyl halides is 7. The van der Waals surface area contributed by atoms with E-state index in [1.54, 1.807) is 0 Å². The molecule has 1 amide bonds. The molecule has 4 rings (SSSR count). The summed E-state index contributed by atoms with van der Waals surface area (Å²) in [5.41, 5.74) is -0.746. The molecule has 0 spiro atoms. The molecule has 1 N–H and O–H groups in total. The highest BCUT2D eigenvalue weighted by atomic mass is 32.2. The van der Waals surface area contributed by atoms with Gasteiger partial charge in [-0.1, -0.05) is 0 Å².